The van der Waals surface area contributed by atoms with E-state index in [0.29, 0.717) is 5.92 Å². The van der Waals surface area contributed by atoms with E-state index >= 15 is 0 Å². The molecule has 1 fully saturated rings. The van der Waals surface area contributed by atoms with Crippen molar-refractivity contribution in [3.05, 3.63) is 23.8 Å². The van der Waals surface area contributed by atoms with E-state index in [1.54, 1.807) is 0 Å². The molecule has 1 N–H and O–H groups in total. The van der Waals surface area contributed by atoms with Crippen molar-refractivity contribution in [1.82, 2.24) is 5.32 Å². The van der Waals surface area contributed by atoms with Crippen molar-refractivity contribution in [3.8, 4) is 0 Å². The van der Waals surface area contributed by atoms with Crippen LogP contribution < -0.4 is 15.1 Å². The molecule has 0 aromatic heterocycles. The van der Waals surface area contributed by atoms with Crippen LogP contribution in [0.1, 0.15) is 12.5 Å². The predicted molar refractivity (Wildman–Crippen MR) is 79.8 cm³/mol. The molecule has 0 radical (unpaired) electrons. The molecule has 1 aliphatic rings. The molecule has 0 amide bonds. The molecule has 1 aromatic rings. The van der Waals surface area contributed by atoms with Gasteiger partial charge in [0.15, 0.2) is 0 Å². The lowest BCUT2D eigenvalue weighted by molar-refractivity contribution is 0.564. The van der Waals surface area contributed by atoms with Crippen molar-refractivity contribution >= 4 is 11.4 Å². The van der Waals surface area contributed by atoms with Crippen LogP contribution in [0.25, 0.3) is 0 Å². The SMILES string of the molecule is Cc1ccc(N2CCNCC(C)C2)cc1N(C)C. The van der Waals surface area contributed by atoms with Gasteiger partial charge >= 0.3 is 0 Å². The van der Waals surface area contributed by atoms with E-state index in [1.807, 2.05) is 0 Å². The number of nitrogens with zero attached hydrogens (tertiary/aromatic N) is 2. The standard InChI is InChI=1S/C15H25N3/c1-12-10-16-7-8-18(11-12)14-6-5-13(2)15(9-14)17(3)4/h5-6,9,12,16H,7-8,10-11H2,1-4H3. The number of hydrogen-bond donors (Lipinski definition) is 1. The van der Waals surface area contributed by atoms with Crippen LogP contribution in [0, 0.1) is 12.8 Å². The maximum atomic E-state index is 3.49. The van der Waals surface area contributed by atoms with Crippen molar-refractivity contribution in [3.63, 3.8) is 0 Å². The molecule has 0 spiro atoms. The molecule has 1 saturated heterocycles. The molecule has 1 aliphatic heterocycles. The fourth-order valence-corrected chi connectivity index (χ4v) is 2.61. The first-order valence-electron chi connectivity index (χ1n) is 6.81. The van der Waals surface area contributed by atoms with Crippen molar-refractivity contribution in [2.75, 3.05) is 50.1 Å². The average molecular weight is 247 g/mol. The Morgan fingerprint density at radius 1 is 1.33 bits per heavy atom. The fraction of sp³-hybridized carbons (Fsp3) is 0.600. The van der Waals surface area contributed by atoms with Gasteiger partial charge in [0.2, 0.25) is 0 Å². The van der Waals surface area contributed by atoms with Crippen LogP contribution in [0.3, 0.4) is 0 Å². The highest BCUT2D eigenvalue weighted by Crippen LogP contribution is 2.26. The molecule has 1 atom stereocenters. The van der Waals surface area contributed by atoms with E-state index in [1.165, 1.54) is 16.9 Å². The Morgan fingerprint density at radius 2 is 2.11 bits per heavy atom. The molecule has 18 heavy (non-hydrogen) atoms. The summed E-state index contributed by atoms with van der Waals surface area (Å²) in [6.07, 6.45) is 0. The third-order valence-electron chi connectivity index (χ3n) is 3.62. The summed E-state index contributed by atoms with van der Waals surface area (Å²) < 4.78 is 0. The lowest BCUT2D eigenvalue weighted by atomic mass is 10.1. The molecule has 0 saturated carbocycles. The summed E-state index contributed by atoms with van der Waals surface area (Å²) in [4.78, 5) is 4.69. The molecule has 0 aliphatic carbocycles. The van der Waals surface area contributed by atoms with Gasteiger partial charge in [0.25, 0.3) is 0 Å². The van der Waals surface area contributed by atoms with Crippen molar-refractivity contribution in [2.45, 2.75) is 13.8 Å². The number of rotatable bonds is 2. The molecule has 1 aromatic carbocycles. The topological polar surface area (TPSA) is 18.5 Å². The van der Waals surface area contributed by atoms with E-state index in [2.05, 4.69) is 61.3 Å². The average Bonchev–Trinajstić information content (AvgIpc) is 2.54. The molecule has 1 unspecified atom stereocenters. The molecule has 1 heterocycles. The minimum atomic E-state index is 0.705. The van der Waals surface area contributed by atoms with E-state index in [9.17, 15) is 0 Å². The molecule has 3 nitrogen and oxygen atoms in total. The van der Waals surface area contributed by atoms with Gasteiger partial charge in [-0.2, -0.15) is 0 Å². The zero-order valence-electron chi connectivity index (χ0n) is 12.0. The third kappa shape index (κ3) is 2.96. The highest BCUT2D eigenvalue weighted by Gasteiger charge is 2.15. The Kier molecular flexibility index (Phi) is 4.12. The first kappa shape index (κ1) is 13.2. The number of benzene rings is 1. The van der Waals surface area contributed by atoms with E-state index in [4.69, 9.17) is 0 Å². The maximum Gasteiger partial charge on any atom is 0.0411 e. The second-order valence-electron chi connectivity index (χ2n) is 5.62. The van der Waals surface area contributed by atoms with E-state index in [-0.39, 0.29) is 0 Å². The van der Waals surface area contributed by atoms with Gasteiger partial charge in [0.1, 0.15) is 0 Å². The van der Waals surface area contributed by atoms with Crippen LogP contribution in [0.15, 0.2) is 18.2 Å². The lowest BCUT2D eigenvalue weighted by Crippen LogP contribution is -2.29. The maximum absolute atomic E-state index is 3.49. The Balaban J connectivity index is 2.24. The number of hydrogen-bond acceptors (Lipinski definition) is 3. The zero-order valence-corrected chi connectivity index (χ0v) is 12.0. The summed E-state index contributed by atoms with van der Waals surface area (Å²) in [6, 6.07) is 6.79. The lowest BCUT2D eigenvalue weighted by Gasteiger charge is -2.26. The van der Waals surface area contributed by atoms with E-state index < -0.39 is 0 Å². The summed E-state index contributed by atoms with van der Waals surface area (Å²) in [6.45, 7) is 8.93. The molecular formula is C15H25N3. The second kappa shape index (κ2) is 5.61. The number of anilines is 2. The highest BCUT2D eigenvalue weighted by molar-refractivity contribution is 5.63. The van der Waals surface area contributed by atoms with Crippen molar-refractivity contribution < 1.29 is 0 Å². The molecule has 0 bridgehead atoms. The first-order valence-corrected chi connectivity index (χ1v) is 6.81. The largest absolute Gasteiger partial charge is 0.377 e. The smallest absolute Gasteiger partial charge is 0.0411 e. The van der Waals surface area contributed by atoms with Gasteiger partial charge in [0.05, 0.1) is 0 Å². The summed E-state index contributed by atoms with van der Waals surface area (Å²) in [5, 5.41) is 3.49. The van der Waals surface area contributed by atoms with Crippen molar-refractivity contribution in [1.29, 1.82) is 0 Å². The van der Waals surface area contributed by atoms with Gasteiger partial charge in [-0.05, 0) is 37.1 Å². The molecular weight excluding hydrogens is 222 g/mol. The van der Waals surface area contributed by atoms with Crippen LogP contribution >= 0.6 is 0 Å². The quantitative estimate of drug-likeness (QED) is 0.863. The highest BCUT2D eigenvalue weighted by atomic mass is 15.2. The Hall–Kier alpha value is -1.22. The van der Waals surface area contributed by atoms with Crippen LogP contribution in [0.2, 0.25) is 0 Å². The summed E-state index contributed by atoms with van der Waals surface area (Å²) in [5.41, 5.74) is 4.00. The Bertz CT molecular complexity index is 401. The van der Waals surface area contributed by atoms with Crippen LogP contribution in [0.4, 0.5) is 11.4 Å². The monoisotopic (exact) mass is 247 g/mol. The van der Waals surface area contributed by atoms with Crippen molar-refractivity contribution in [2.24, 2.45) is 5.92 Å². The number of aryl methyl sites for hydroxylation is 1. The zero-order chi connectivity index (χ0) is 13.1. The van der Waals surface area contributed by atoms with Crippen LogP contribution in [-0.2, 0) is 0 Å². The molecule has 100 valence electrons. The summed E-state index contributed by atoms with van der Waals surface area (Å²) >= 11 is 0. The molecule has 2 rings (SSSR count). The third-order valence-corrected chi connectivity index (χ3v) is 3.62. The summed E-state index contributed by atoms with van der Waals surface area (Å²) in [7, 11) is 4.22. The molecule has 3 heteroatoms. The first-order chi connectivity index (χ1) is 8.58. The Morgan fingerprint density at radius 3 is 2.83 bits per heavy atom. The van der Waals surface area contributed by atoms with Gasteiger partial charge in [0, 0.05) is 45.1 Å². The number of nitrogens with one attached hydrogen (secondary N) is 1. The van der Waals surface area contributed by atoms with Gasteiger partial charge in [-0.25, -0.2) is 0 Å². The minimum absolute atomic E-state index is 0.705. The second-order valence-corrected chi connectivity index (χ2v) is 5.62. The van der Waals surface area contributed by atoms with Crippen LogP contribution in [0.5, 0.6) is 0 Å². The fourth-order valence-electron chi connectivity index (χ4n) is 2.61. The normalized spacial score (nSPS) is 20.7. The van der Waals surface area contributed by atoms with Gasteiger partial charge < -0.3 is 15.1 Å². The van der Waals surface area contributed by atoms with Gasteiger partial charge in [-0.3, -0.25) is 0 Å². The van der Waals surface area contributed by atoms with Gasteiger partial charge in [-0.15, -0.1) is 0 Å². The predicted octanol–water partition coefficient (Wildman–Crippen LogP) is 2.11. The van der Waals surface area contributed by atoms with Gasteiger partial charge in [-0.1, -0.05) is 13.0 Å². The van der Waals surface area contributed by atoms with E-state index in [0.717, 1.165) is 26.2 Å². The van der Waals surface area contributed by atoms with Crippen LogP contribution in [-0.4, -0.2) is 40.3 Å². The summed E-state index contributed by atoms with van der Waals surface area (Å²) in [5.74, 6) is 0.705. The minimum Gasteiger partial charge on any atom is -0.377 e. The Labute approximate surface area is 111 Å².